The molecule has 162 valence electrons. The van der Waals surface area contributed by atoms with Crippen molar-refractivity contribution in [1.82, 2.24) is 14.9 Å². The quantitative estimate of drug-likeness (QED) is 0.603. The van der Waals surface area contributed by atoms with Crippen LogP contribution in [-0.2, 0) is 6.18 Å². The van der Waals surface area contributed by atoms with Gasteiger partial charge in [-0.25, -0.2) is 4.39 Å². The molecule has 1 atom stereocenters. The number of pyridine rings is 2. The van der Waals surface area contributed by atoms with Crippen LogP contribution >= 0.6 is 0 Å². The molecule has 9 heteroatoms. The van der Waals surface area contributed by atoms with Gasteiger partial charge < -0.3 is 9.88 Å². The van der Waals surface area contributed by atoms with Gasteiger partial charge in [0, 0.05) is 24.5 Å². The van der Waals surface area contributed by atoms with E-state index in [1.807, 2.05) is 0 Å². The predicted octanol–water partition coefficient (Wildman–Crippen LogP) is 4.50. The molecule has 3 rings (SSSR count). The number of rotatable bonds is 5. The van der Waals surface area contributed by atoms with Gasteiger partial charge in [0.2, 0.25) is 0 Å². The van der Waals surface area contributed by atoms with Crippen molar-refractivity contribution in [3.8, 4) is 0 Å². The lowest BCUT2D eigenvalue weighted by Gasteiger charge is -2.20. The lowest BCUT2D eigenvalue weighted by Crippen LogP contribution is -2.32. The number of amides is 1. The standard InChI is InChI=1S/C22H19F4N3O2/c1-13(2)29-12-15(7-10-18(29)30)21(31)28-19(20-17(23)4-3-11-27-20)14-5-8-16(9-6-14)22(24,25)26/h3-13,19H,1-2H3,(H,28,31)/t19-/m0/s1. The molecule has 0 bridgehead atoms. The summed E-state index contributed by atoms with van der Waals surface area (Å²) in [5.74, 6) is -1.36. The number of nitrogens with one attached hydrogen (secondary N) is 1. The Morgan fingerprint density at radius 2 is 1.74 bits per heavy atom. The first-order valence-corrected chi connectivity index (χ1v) is 9.38. The van der Waals surface area contributed by atoms with Crippen molar-refractivity contribution < 1.29 is 22.4 Å². The Balaban J connectivity index is 2.00. The molecule has 0 saturated heterocycles. The fraction of sp³-hybridized carbons (Fsp3) is 0.227. The lowest BCUT2D eigenvalue weighted by atomic mass is 10.0. The number of halogens is 4. The first kappa shape index (κ1) is 22.2. The van der Waals surface area contributed by atoms with Crippen molar-refractivity contribution in [2.75, 3.05) is 0 Å². The van der Waals surface area contributed by atoms with E-state index in [1.165, 1.54) is 35.2 Å². The molecule has 0 aliphatic heterocycles. The lowest BCUT2D eigenvalue weighted by molar-refractivity contribution is -0.137. The monoisotopic (exact) mass is 433 g/mol. The van der Waals surface area contributed by atoms with E-state index in [0.717, 1.165) is 30.3 Å². The zero-order valence-electron chi connectivity index (χ0n) is 16.7. The number of aromatic nitrogens is 2. The van der Waals surface area contributed by atoms with Crippen LogP contribution in [0.2, 0.25) is 0 Å². The summed E-state index contributed by atoms with van der Waals surface area (Å²) in [6, 6.07) is 7.78. The third-order valence-electron chi connectivity index (χ3n) is 4.66. The van der Waals surface area contributed by atoms with Gasteiger partial charge in [-0.1, -0.05) is 12.1 Å². The Morgan fingerprint density at radius 3 is 2.32 bits per heavy atom. The van der Waals surface area contributed by atoms with Crippen molar-refractivity contribution in [3.05, 3.63) is 99.5 Å². The molecule has 0 spiro atoms. The van der Waals surface area contributed by atoms with Crippen LogP contribution in [0.1, 0.15) is 53.1 Å². The van der Waals surface area contributed by atoms with Gasteiger partial charge in [0.1, 0.15) is 11.5 Å². The maximum atomic E-state index is 14.4. The van der Waals surface area contributed by atoms with Gasteiger partial charge >= 0.3 is 6.18 Å². The van der Waals surface area contributed by atoms with Crippen LogP contribution in [0.25, 0.3) is 0 Å². The van der Waals surface area contributed by atoms with Crippen molar-refractivity contribution in [1.29, 1.82) is 0 Å². The Kier molecular flexibility index (Phi) is 6.24. The normalized spacial score (nSPS) is 12.6. The van der Waals surface area contributed by atoms with E-state index in [9.17, 15) is 27.2 Å². The minimum absolute atomic E-state index is 0.140. The van der Waals surface area contributed by atoms with Crippen LogP contribution in [-0.4, -0.2) is 15.5 Å². The van der Waals surface area contributed by atoms with Gasteiger partial charge in [0.15, 0.2) is 0 Å². The third-order valence-corrected chi connectivity index (χ3v) is 4.66. The van der Waals surface area contributed by atoms with E-state index in [-0.39, 0.29) is 28.4 Å². The van der Waals surface area contributed by atoms with Crippen LogP contribution in [0, 0.1) is 5.82 Å². The summed E-state index contributed by atoms with van der Waals surface area (Å²) in [5, 5.41) is 2.61. The summed E-state index contributed by atoms with van der Waals surface area (Å²) in [7, 11) is 0. The number of hydrogen-bond donors (Lipinski definition) is 1. The minimum atomic E-state index is -4.53. The summed E-state index contributed by atoms with van der Waals surface area (Å²) in [4.78, 5) is 28.8. The Hall–Kier alpha value is -3.49. The number of alkyl halides is 3. The van der Waals surface area contributed by atoms with Crippen molar-refractivity contribution in [2.45, 2.75) is 32.1 Å². The van der Waals surface area contributed by atoms with E-state index in [4.69, 9.17) is 0 Å². The minimum Gasteiger partial charge on any atom is -0.339 e. The first-order chi connectivity index (χ1) is 14.6. The molecule has 31 heavy (non-hydrogen) atoms. The Labute approximate surface area is 175 Å². The van der Waals surface area contributed by atoms with Crippen LogP contribution in [0.5, 0.6) is 0 Å². The second-order valence-electron chi connectivity index (χ2n) is 7.15. The van der Waals surface area contributed by atoms with E-state index in [1.54, 1.807) is 13.8 Å². The number of carbonyl (C=O) groups is 1. The maximum absolute atomic E-state index is 14.4. The molecule has 5 nitrogen and oxygen atoms in total. The molecule has 0 radical (unpaired) electrons. The van der Waals surface area contributed by atoms with Crippen molar-refractivity contribution in [3.63, 3.8) is 0 Å². The molecule has 0 fully saturated rings. The largest absolute Gasteiger partial charge is 0.416 e. The average Bonchev–Trinajstić information content (AvgIpc) is 2.72. The highest BCUT2D eigenvalue weighted by Crippen LogP contribution is 2.31. The predicted molar refractivity (Wildman–Crippen MR) is 106 cm³/mol. The molecule has 0 aliphatic rings. The molecule has 0 unspecified atom stereocenters. The van der Waals surface area contributed by atoms with Crippen LogP contribution < -0.4 is 10.9 Å². The van der Waals surface area contributed by atoms with E-state index in [0.29, 0.717) is 0 Å². The van der Waals surface area contributed by atoms with Gasteiger partial charge in [-0.2, -0.15) is 13.2 Å². The Bertz CT molecular complexity index is 1140. The fourth-order valence-corrected chi connectivity index (χ4v) is 3.04. The molecule has 2 aromatic heterocycles. The molecule has 1 aromatic carbocycles. The molecular weight excluding hydrogens is 414 g/mol. The van der Waals surface area contributed by atoms with E-state index >= 15 is 0 Å². The van der Waals surface area contributed by atoms with Crippen molar-refractivity contribution >= 4 is 5.91 Å². The summed E-state index contributed by atoms with van der Waals surface area (Å²) < 4.78 is 54.5. The summed E-state index contributed by atoms with van der Waals surface area (Å²) in [5.41, 5.74) is -0.945. The zero-order valence-corrected chi connectivity index (χ0v) is 16.7. The maximum Gasteiger partial charge on any atom is 0.416 e. The second kappa shape index (κ2) is 8.71. The average molecular weight is 433 g/mol. The van der Waals surface area contributed by atoms with Gasteiger partial charge in [-0.3, -0.25) is 14.6 Å². The van der Waals surface area contributed by atoms with E-state index in [2.05, 4.69) is 10.3 Å². The van der Waals surface area contributed by atoms with Gasteiger partial charge in [0.05, 0.1) is 17.2 Å². The molecule has 2 heterocycles. The number of nitrogens with zero attached hydrogens (tertiary/aromatic N) is 2. The van der Waals surface area contributed by atoms with Gasteiger partial charge in [-0.05, 0) is 49.7 Å². The molecule has 0 aliphatic carbocycles. The first-order valence-electron chi connectivity index (χ1n) is 9.38. The van der Waals surface area contributed by atoms with Crippen LogP contribution in [0.15, 0.2) is 65.7 Å². The van der Waals surface area contributed by atoms with Crippen LogP contribution in [0.3, 0.4) is 0 Å². The van der Waals surface area contributed by atoms with Gasteiger partial charge in [-0.15, -0.1) is 0 Å². The molecule has 3 aromatic rings. The molecular formula is C22H19F4N3O2. The summed E-state index contributed by atoms with van der Waals surface area (Å²) >= 11 is 0. The summed E-state index contributed by atoms with van der Waals surface area (Å²) in [6.45, 7) is 3.55. The van der Waals surface area contributed by atoms with Crippen molar-refractivity contribution in [2.24, 2.45) is 0 Å². The van der Waals surface area contributed by atoms with Crippen LogP contribution in [0.4, 0.5) is 17.6 Å². The number of carbonyl (C=O) groups excluding carboxylic acids is 1. The molecule has 0 saturated carbocycles. The van der Waals surface area contributed by atoms with E-state index < -0.39 is 29.5 Å². The smallest absolute Gasteiger partial charge is 0.339 e. The highest BCUT2D eigenvalue weighted by atomic mass is 19.4. The molecule has 1 N–H and O–H groups in total. The highest BCUT2D eigenvalue weighted by Gasteiger charge is 2.31. The highest BCUT2D eigenvalue weighted by molar-refractivity contribution is 5.94. The number of hydrogen-bond acceptors (Lipinski definition) is 3. The summed E-state index contributed by atoms with van der Waals surface area (Å²) in [6.07, 6.45) is -1.83. The fourth-order valence-electron chi connectivity index (χ4n) is 3.04. The SMILES string of the molecule is CC(C)n1cc(C(=O)N[C@@H](c2ccc(C(F)(F)F)cc2)c2ncccc2F)ccc1=O. The number of benzene rings is 1. The molecule has 1 amide bonds. The zero-order chi connectivity index (χ0) is 22.8. The van der Waals surface area contributed by atoms with Gasteiger partial charge in [0.25, 0.3) is 11.5 Å². The Morgan fingerprint density at radius 1 is 1.06 bits per heavy atom. The topological polar surface area (TPSA) is 64.0 Å². The second-order valence-corrected chi connectivity index (χ2v) is 7.15. The third kappa shape index (κ3) is 4.99.